The van der Waals surface area contributed by atoms with Crippen LogP contribution in [-0.2, 0) is 0 Å². The molecule has 3 aromatic rings. The lowest BCUT2D eigenvalue weighted by Gasteiger charge is -2.16. The van der Waals surface area contributed by atoms with Crippen LogP contribution >= 0.6 is 34.7 Å². The van der Waals surface area contributed by atoms with Crippen LogP contribution in [0.25, 0.3) is 11.0 Å². The molecule has 98 valence electrons. The number of benzene rings is 1. The van der Waals surface area contributed by atoms with Gasteiger partial charge in [0.1, 0.15) is 11.0 Å². The average molecular weight is 310 g/mol. The van der Waals surface area contributed by atoms with Crippen LogP contribution < -0.4 is 5.32 Å². The maximum Gasteiger partial charge on any atom is 0.129 e. The molecule has 1 N–H and O–H groups in total. The molecule has 0 aliphatic rings. The number of anilines is 1. The van der Waals surface area contributed by atoms with E-state index in [9.17, 15) is 0 Å². The zero-order valence-corrected chi connectivity index (χ0v) is 12.9. The molecule has 2 heterocycles. The van der Waals surface area contributed by atoms with Gasteiger partial charge >= 0.3 is 0 Å². The average Bonchev–Trinajstić information content (AvgIpc) is 3.01. The molecule has 0 fully saturated rings. The predicted molar refractivity (Wildman–Crippen MR) is 83.5 cm³/mol. The molecule has 0 saturated carbocycles. The van der Waals surface area contributed by atoms with Gasteiger partial charge in [0.25, 0.3) is 0 Å². The second-order valence-corrected chi connectivity index (χ2v) is 6.27. The maximum atomic E-state index is 6.28. The second-order valence-electron chi connectivity index (χ2n) is 4.39. The number of nitrogens with one attached hydrogen (secondary N) is 1. The minimum Gasteiger partial charge on any atom is -0.375 e. The zero-order valence-electron chi connectivity index (χ0n) is 10.5. The van der Waals surface area contributed by atoms with Crippen molar-refractivity contribution in [3.63, 3.8) is 0 Å². The van der Waals surface area contributed by atoms with E-state index in [1.165, 1.54) is 22.2 Å². The largest absolute Gasteiger partial charge is 0.375 e. The summed E-state index contributed by atoms with van der Waals surface area (Å²) in [5.41, 5.74) is 3.89. The van der Waals surface area contributed by atoms with Crippen LogP contribution in [0.3, 0.4) is 0 Å². The van der Waals surface area contributed by atoms with Crippen molar-refractivity contribution in [1.82, 2.24) is 8.75 Å². The molecule has 1 aromatic carbocycles. The van der Waals surface area contributed by atoms with Crippen molar-refractivity contribution in [3.05, 3.63) is 39.0 Å². The zero-order chi connectivity index (χ0) is 13.4. The summed E-state index contributed by atoms with van der Waals surface area (Å²) >= 11 is 9.24. The van der Waals surface area contributed by atoms with E-state index in [2.05, 4.69) is 39.4 Å². The summed E-state index contributed by atoms with van der Waals surface area (Å²) in [7, 11) is 0. The Bertz CT molecular complexity index is 720. The van der Waals surface area contributed by atoms with Gasteiger partial charge < -0.3 is 5.32 Å². The molecule has 0 spiro atoms. The monoisotopic (exact) mass is 309 g/mol. The highest BCUT2D eigenvalue weighted by atomic mass is 35.5. The molecule has 0 aliphatic carbocycles. The van der Waals surface area contributed by atoms with Crippen molar-refractivity contribution in [2.24, 2.45) is 0 Å². The number of halogens is 1. The van der Waals surface area contributed by atoms with E-state index in [4.69, 9.17) is 11.6 Å². The van der Waals surface area contributed by atoms with Crippen molar-refractivity contribution in [3.8, 4) is 0 Å². The first-order valence-electron chi connectivity index (χ1n) is 5.88. The molecule has 19 heavy (non-hydrogen) atoms. The first-order chi connectivity index (χ1) is 9.16. The van der Waals surface area contributed by atoms with Gasteiger partial charge in [0.05, 0.1) is 28.5 Å². The molecular formula is C13H12ClN3S2. The molecule has 0 saturated heterocycles. The van der Waals surface area contributed by atoms with Crippen LogP contribution in [0, 0.1) is 6.92 Å². The maximum absolute atomic E-state index is 6.28. The quantitative estimate of drug-likeness (QED) is 0.748. The summed E-state index contributed by atoms with van der Waals surface area (Å²) in [4.78, 5) is 1.32. The first-order valence-corrected chi connectivity index (χ1v) is 7.87. The van der Waals surface area contributed by atoms with Gasteiger partial charge in [0.15, 0.2) is 0 Å². The standard InChI is InChI=1S/C13H12ClN3S2/c1-7-5-6-18-13(7)8(2)15-11-9(14)3-4-10-12(11)17-19-16-10/h3-6,8,15H,1-2H3. The van der Waals surface area contributed by atoms with E-state index >= 15 is 0 Å². The van der Waals surface area contributed by atoms with E-state index in [0.29, 0.717) is 5.02 Å². The van der Waals surface area contributed by atoms with E-state index in [1.807, 2.05) is 12.1 Å². The summed E-state index contributed by atoms with van der Waals surface area (Å²) in [5, 5.41) is 6.25. The fraction of sp³-hybridized carbons (Fsp3) is 0.231. The third-order valence-electron chi connectivity index (χ3n) is 3.03. The second kappa shape index (κ2) is 5.07. The fourth-order valence-electron chi connectivity index (χ4n) is 2.07. The van der Waals surface area contributed by atoms with Gasteiger partial charge in [-0.3, -0.25) is 0 Å². The molecular weight excluding hydrogens is 298 g/mol. The smallest absolute Gasteiger partial charge is 0.129 e. The number of hydrogen-bond donors (Lipinski definition) is 1. The van der Waals surface area contributed by atoms with Crippen LogP contribution in [0.1, 0.15) is 23.4 Å². The minimum absolute atomic E-state index is 0.199. The third kappa shape index (κ3) is 2.33. The van der Waals surface area contributed by atoms with Crippen molar-refractivity contribution in [2.45, 2.75) is 19.9 Å². The van der Waals surface area contributed by atoms with E-state index in [1.54, 1.807) is 11.3 Å². The highest BCUT2D eigenvalue weighted by molar-refractivity contribution is 7.10. The van der Waals surface area contributed by atoms with E-state index < -0.39 is 0 Å². The lowest BCUT2D eigenvalue weighted by atomic mass is 10.1. The summed E-state index contributed by atoms with van der Waals surface area (Å²) in [6, 6.07) is 6.09. The van der Waals surface area contributed by atoms with Crippen LogP contribution in [0.15, 0.2) is 23.6 Å². The Hall–Kier alpha value is -1.17. The Labute approximate surface area is 124 Å². The van der Waals surface area contributed by atoms with Gasteiger partial charge in [0, 0.05) is 4.88 Å². The van der Waals surface area contributed by atoms with Crippen molar-refractivity contribution < 1.29 is 0 Å². The van der Waals surface area contributed by atoms with Gasteiger partial charge in [-0.25, -0.2) is 0 Å². The molecule has 3 rings (SSSR count). The lowest BCUT2D eigenvalue weighted by Crippen LogP contribution is -2.07. The predicted octanol–water partition coefficient (Wildman–Crippen LogP) is 4.89. The summed E-state index contributed by atoms with van der Waals surface area (Å²) in [6.07, 6.45) is 0. The lowest BCUT2D eigenvalue weighted by molar-refractivity contribution is 0.901. The SMILES string of the molecule is Cc1ccsc1C(C)Nc1c(Cl)ccc2nsnc12. The molecule has 0 amide bonds. The van der Waals surface area contributed by atoms with Gasteiger partial charge in [-0.05, 0) is 43.0 Å². The molecule has 0 aliphatic heterocycles. The molecule has 0 radical (unpaired) electrons. The Balaban J connectivity index is 1.99. The number of aromatic nitrogens is 2. The van der Waals surface area contributed by atoms with Crippen LogP contribution in [0.5, 0.6) is 0 Å². The summed E-state index contributed by atoms with van der Waals surface area (Å²) < 4.78 is 8.57. The molecule has 1 unspecified atom stereocenters. The highest BCUT2D eigenvalue weighted by Gasteiger charge is 2.15. The number of thiophene rings is 1. The number of rotatable bonds is 3. The topological polar surface area (TPSA) is 37.8 Å². The van der Waals surface area contributed by atoms with Crippen LogP contribution in [0.2, 0.25) is 5.02 Å². The Morgan fingerprint density at radius 3 is 2.84 bits per heavy atom. The summed E-state index contributed by atoms with van der Waals surface area (Å²) in [6.45, 7) is 4.25. The number of nitrogens with zero attached hydrogens (tertiary/aromatic N) is 2. The van der Waals surface area contributed by atoms with Crippen molar-refractivity contribution in [1.29, 1.82) is 0 Å². The normalized spacial score (nSPS) is 12.8. The molecule has 3 nitrogen and oxygen atoms in total. The van der Waals surface area contributed by atoms with Gasteiger partial charge in [-0.2, -0.15) is 8.75 Å². The van der Waals surface area contributed by atoms with E-state index in [0.717, 1.165) is 16.7 Å². The number of hydrogen-bond acceptors (Lipinski definition) is 5. The van der Waals surface area contributed by atoms with Crippen LogP contribution in [0.4, 0.5) is 5.69 Å². The van der Waals surface area contributed by atoms with Crippen LogP contribution in [-0.4, -0.2) is 8.75 Å². The minimum atomic E-state index is 0.199. The Kier molecular flexibility index (Phi) is 3.43. The third-order valence-corrected chi connectivity index (χ3v) is 5.09. The Morgan fingerprint density at radius 1 is 1.26 bits per heavy atom. The molecule has 6 heteroatoms. The first kappa shape index (κ1) is 12.8. The van der Waals surface area contributed by atoms with Gasteiger partial charge in [-0.15, -0.1) is 11.3 Å². The molecule has 1 atom stereocenters. The summed E-state index contributed by atoms with van der Waals surface area (Å²) in [5.74, 6) is 0. The molecule has 2 aromatic heterocycles. The van der Waals surface area contributed by atoms with Crippen molar-refractivity contribution in [2.75, 3.05) is 5.32 Å². The number of aryl methyl sites for hydroxylation is 1. The number of fused-ring (bicyclic) bond motifs is 1. The fourth-order valence-corrected chi connectivity index (χ4v) is 3.76. The molecule has 0 bridgehead atoms. The highest BCUT2D eigenvalue weighted by Crippen LogP contribution is 2.34. The van der Waals surface area contributed by atoms with Gasteiger partial charge in [0.2, 0.25) is 0 Å². The Morgan fingerprint density at radius 2 is 2.11 bits per heavy atom. The van der Waals surface area contributed by atoms with Gasteiger partial charge in [-0.1, -0.05) is 11.6 Å². The van der Waals surface area contributed by atoms with E-state index in [-0.39, 0.29) is 6.04 Å². The van der Waals surface area contributed by atoms with Crippen molar-refractivity contribution >= 4 is 51.4 Å².